The van der Waals surface area contributed by atoms with Crippen LogP contribution in [0.15, 0.2) is 143 Å². The number of hydrogen-bond donors (Lipinski definition) is 0. The highest BCUT2D eigenvalue weighted by atomic mass is 15.0. The Morgan fingerprint density at radius 2 is 1.08 bits per heavy atom. The average Bonchev–Trinajstić information content (AvgIpc) is 3.45. The van der Waals surface area contributed by atoms with Gasteiger partial charge in [-0.05, 0) is 106 Å². The number of fused-ring (bicyclic) bond motifs is 3. The molecule has 7 aromatic rings. The molecule has 1 aromatic heterocycles. The average molecular weight is 654 g/mol. The highest BCUT2D eigenvalue weighted by Crippen LogP contribution is 2.36. The van der Waals surface area contributed by atoms with Crippen LogP contribution in [-0.4, -0.2) is 16.1 Å². The van der Waals surface area contributed by atoms with Crippen LogP contribution in [-0.2, 0) is 0 Å². The fourth-order valence-corrected chi connectivity index (χ4v) is 6.91. The van der Waals surface area contributed by atoms with Crippen molar-refractivity contribution in [2.24, 2.45) is 9.98 Å². The summed E-state index contributed by atoms with van der Waals surface area (Å²) in [4.78, 5) is 10.6. The summed E-state index contributed by atoms with van der Waals surface area (Å²) < 4.78 is 2.36. The summed E-state index contributed by atoms with van der Waals surface area (Å²) in [6.45, 7) is 16.8. The zero-order chi connectivity index (χ0) is 35.4. The third-order valence-electron chi connectivity index (χ3n) is 9.10. The van der Waals surface area contributed by atoms with Gasteiger partial charge in [0, 0.05) is 27.7 Å². The second-order valence-corrected chi connectivity index (χ2v) is 13.1. The number of nitrogens with zero attached hydrogens (tertiary/aromatic N) is 3. The van der Waals surface area contributed by atoms with Crippen molar-refractivity contribution in [3.63, 3.8) is 0 Å². The minimum Gasteiger partial charge on any atom is -0.309 e. The van der Waals surface area contributed by atoms with Crippen molar-refractivity contribution in [1.29, 1.82) is 0 Å². The molecule has 3 nitrogen and oxygen atoms in total. The molecule has 7 rings (SSSR count). The molecule has 6 aromatic carbocycles. The zero-order valence-electron chi connectivity index (χ0n) is 30.6. The number of hydrogen-bond acceptors (Lipinski definition) is 1. The lowest BCUT2D eigenvalue weighted by atomic mass is 10.0. The second kappa shape index (κ2) is 14.9. The topological polar surface area (TPSA) is 29.6 Å². The van der Waals surface area contributed by atoms with Crippen molar-refractivity contribution in [3.8, 4) is 16.8 Å². The van der Waals surface area contributed by atoms with Crippen LogP contribution < -0.4 is 0 Å². The van der Waals surface area contributed by atoms with E-state index in [4.69, 9.17) is 9.98 Å². The maximum atomic E-state index is 5.35. The molecule has 0 saturated carbocycles. The molecule has 0 N–H and O–H groups in total. The van der Waals surface area contributed by atoms with Gasteiger partial charge in [0.15, 0.2) is 5.84 Å². The summed E-state index contributed by atoms with van der Waals surface area (Å²) >= 11 is 0. The fraction of sp³-hybridized carbons (Fsp3) is 0.191. The standard InChI is InChI=1S/C45H41N3.C2H6/c1-29-21-30(2)24-38(23-29)33(5)46-45(47-34(6)39-25-31(3)22-32(4)26-39)37-18-20-44-42(28-37)41-27-36(35-13-9-7-10-14-35)17-19-43(41)48(44)40-15-11-8-12-16-40;1-2/h7-28,33H,1-6H3;1-2H3. The van der Waals surface area contributed by atoms with E-state index in [0.29, 0.717) is 0 Å². The Hall–Kier alpha value is -5.54. The molecule has 1 atom stereocenters. The number of para-hydroxylation sites is 1. The van der Waals surface area contributed by atoms with Crippen molar-refractivity contribution >= 4 is 33.4 Å². The monoisotopic (exact) mass is 653 g/mol. The van der Waals surface area contributed by atoms with Crippen molar-refractivity contribution in [2.75, 3.05) is 0 Å². The first-order valence-electron chi connectivity index (χ1n) is 17.7. The molecule has 250 valence electrons. The van der Waals surface area contributed by atoms with E-state index in [1.807, 2.05) is 13.8 Å². The van der Waals surface area contributed by atoms with Crippen molar-refractivity contribution in [3.05, 3.63) is 172 Å². The Balaban J connectivity index is 0.00000212. The van der Waals surface area contributed by atoms with Gasteiger partial charge in [0.05, 0.1) is 17.1 Å². The largest absolute Gasteiger partial charge is 0.309 e. The Bertz CT molecular complexity index is 2300. The van der Waals surface area contributed by atoms with Crippen LogP contribution in [0.5, 0.6) is 0 Å². The fourth-order valence-electron chi connectivity index (χ4n) is 6.91. The van der Waals surface area contributed by atoms with Gasteiger partial charge in [0.2, 0.25) is 0 Å². The van der Waals surface area contributed by atoms with Gasteiger partial charge in [-0.25, -0.2) is 4.99 Å². The van der Waals surface area contributed by atoms with Crippen LogP contribution in [0.1, 0.15) is 72.7 Å². The molecule has 1 heterocycles. The first-order valence-corrected chi connectivity index (χ1v) is 17.7. The highest BCUT2D eigenvalue weighted by molar-refractivity contribution is 6.16. The summed E-state index contributed by atoms with van der Waals surface area (Å²) in [5.74, 6) is 0.736. The molecule has 0 radical (unpaired) electrons. The van der Waals surface area contributed by atoms with Gasteiger partial charge in [0.1, 0.15) is 0 Å². The van der Waals surface area contributed by atoms with Crippen LogP contribution in [0.4, 0.5) is 0 Å². The lowest BCUT2D eigenvalue weighted by Gasteiger charge is -2.13. The van der Waals surface area contributed by atoms with Gasteiger partial charge in [-0.1, -0.05) is 127 Å². The van der Waals surface area contributed by atoms with Gasteiger partial charge in [-0.3, -0.25) is 4.99 Å². The van der Waals surface area contributed by atoms with E-state index < -0.39 is 0 Å². The zero-order valence-corrected chi connectivity index (χ0v) is 30.6. The number of rotatable bonds is 6. The summed E-state index contributed by atoms with van der Waals surface area (Å²) in [5.41, 5.74) is 15.1. The summed E-state index contributed by atoms with van der Waals surface area (Å²) in [5, 5.41) is 2.38. The predicted octanol–water partition coefficient (Wildman–Crippen LogP) is 12.7. The second-order valence-electron chi connectivity index (χ2n) is 13.1. The molecule has 0 spiro atoms. The lowest BCUT2D eigenvalue weighted by Crippen LogP contribution is -2.07. The third-order valence-corrected chi connectivity index (χ3v) is 9.10. The van der Waals surface area contributed by atoms with Crippen molar-refractivity contribution < 1.29 is 0 Å². The highest BCUT2D eigenvalue weighted by Gasteiger charge is 2.17. The number of aromatic nitrogens is 1. The van der Waals surface area contributed by atoms with Gasteiger partial charge >= 0.3 is 0 Å². The van der Waals surface area contributed by atoms with Gasteiger partial charge in [-0.15, -0.1) is 0 Å². The number of amidine groups is 1. The van der Waals surface area contributed by atoms with Crippen LogP contribution in [0, 0.1) is 27.7 Å². The van der Waals surface area contributed by atoms with Crippen LogP contribution >= 0.6 is 0 Å². The van der Waals surface area contributed by atoms with E-state index in [0.717, 1.165) is 33.9 Å². The molecular weight excluding hydrogens is 607 g/mol. The molecule has 50 heavy (non-hydrogen) atoms. The van der Waals surface area contributed by atoms with E-state index in [2.05, 4.69) is 180 Å². The Morgan fingerprint density at radius 3 is 1.70 bits per heavy atom. The van der Waals surface area contributed by atoms with Crippen molar-refractivity contribution in [2.45, 2.75) is 61.4 Å². The molecular formula is C47H47N3. The van der Waals surface area contributed by atoms with E-state index in [1.165, 1.54) is 55.2 Å². The van der Waals surface area contributed by atoms with Crippen molar-refractivity contribution in [1.82, 2.24) is 4.57 Å². The summed E-state index contributed by atoms with van der Waals surface area (Å²) in [6, 6.07) is 48.0. The normalized spacial score (nSPS) is 12.6. The van der Waals surface area contributed by atoms with E-state index in [1.54, 1.807) is 0 Å². The summed E-state index contributed by atoms with van der Waals surface area (Å²) in [7, 11) is 0. The molecule has 0 amide bonds. The smallest absolute Gasteiger partial charge is 0.155 e. The molecule has 0 aliphatic carbocycles. The first-order chi connectivity index (χ1) is 24.2. The molecule has 0 aliphatic rings. The quantitative estimate of drug-likeness (QED) is 0.126. The summed E-state index contributed by atoms with van der Waals surface area (Å²) in [6.07, 6.45) is 0. The molecule has 0 aliphatic heterocycles. The van der Waals surface area contributed by atoms with Crippen LogP contribution in [0.25, 0.3) is 38.6 Å². The molecule has 0 fully saturated rings. The first kappa shape index (κ1) is 34.3. The number of benzene rings is 6. The SMILES string of the molecule is CC.CC(=NC(=NC(C)c1cc(C)cc(C)c1)c1ccc2c(c1)c1cc(-c3ccccc3)ccc1n2-c1ccccc1)c1cc(C)cc(C)c1. The van der Waals surface area contributed by atoms with Gasteiger partial charge < -0.3 is 4.57 Å². The minimum atomic E-state index is -0.0690. The van der Waals surface area contributed by atoms with Crippen LogP contribution in [0.3, 0.4) is 0 Å². The van der Waals surface area contributed by atoms with Crippen LogP contribution in [0.2, 0.25) is 0 Å². The maximum Gasteiger partial charge on any atom is 0.155 e. The lowest BCUT2D eigenvalue weighted by molar-refractivity contribution is 0.815. The predicted molar refractivity (Wildman–Crippen MR) is 217 cm³/mol. The molecule has 0 saturated heterocycles. The van der Waals surface area contributed by atoms with Gasteiger partial charge in [0.25, 0.3) is 0 Å². The van der Waals surface area contributed by atoms with E-state index in [-0.39, 0.29) is 6.04 Å². The van der Waals surface area contributed by atoms with E-state index in [9.17, 15) is 0 Å². The number of aryl methyl sites for hydroxylation is 4. The Labute approximate surface area is 297 Å². The van der Waals surface area contributed by atoms with E-state index >= 15 is 0 Å². The molecule has 1 unspecified atom stereocenters. The Kier molecular flexibility index (Phi) is 10.2. The van der Waals surface area contributed by atoms with Gasteiger partial charge in [-0.2, -0.15) is 0 Å². The molecule has 0 bridgehead atoms. The minimum absolute atomic E-state index is 0.0690. The Morgan fingerprint density at radius 1 is 0.540 bits per heavy atom. The number of aliphatic imine (C=N–C) groups is 2. The maximum absolute atomic E-state index is 5.35. The third kappa shape index (κ3) is 7.23. The molecule has 3 heteroatoms.